The van der Waals surface area contributed by atoms with E-state index in [4.69, 9.17) is 10.8 Å². The molecule has 0 fully saturated rings. The van der Waals surface area contributed by atoms with Crippen LogP contribution in [0.2, 0.25) is 0 Å². The van der Waals surface area contributed by atoms with Gasteiger partial charge < -0.3 is 15.9 Å². The Morgan fingerprint density at radius 2 is 1.60 bits per heavy atom. The zero-order valence-electron chi connectivity index (χ0n) is 16.0. The molecule has 2 atom stereocenters. The zero-order valence-corrected chi connectivity index (χ0v) is 16.8. The summed E-state index contributed by atoms with van der Waals surface area (Å²) in [5.41, 5.74) is 5.12. The quantitative estimate of drug-likeness (QED) is 0.248. The van der Waals surface area contributed by atoms with E-state index < -0.39 is 6.10 Å². The van der Waals surface area contributed by atoms with E-state index in [1.165, 1.54) is 76.0 Å². The van der Waals surface area contributed by atoms with Crippen LogP contribution in [-0.4, -0.2) is 39.8 Å². The molecule has 0 aliphatic carbocycles. The lowest BCUT2D eigenvalue weighted by Gasteiger charge is -2.17. The molecule has 0 radical (unpaired) electrons. The number of aliphatic hydroxyl groups excluding tert-OH is 2. The molecule has 0 bridgehead atoms. The summed E-state index contributed by atoms with van der Waals surface area (Å²) in [5.74, 6) is 0.235. The van der Waals surface area contributed by atoms with Gasteiger partial charge in [0.2, 0.25) is 5.91 Å². The summed E-state index contributed by atoms with van der Waals surface area (Å²) in [6, 6.07) is 0. The fraction of sp³-hybridized carbons (Fsp3) is 0.850. The summed E-state index contributed by atoms with van der Waals surface area (Å²) in [6.45, 7) is 1.98. The number of carbonyl (C=O) groups excluding carboxylic acids is 1. The Balaban J connectivity index is 3.67. The summed E-state index contributed by atoms with van der Waals surface area (Å²) in [4.78, 5) is 10.8. The van der Waals surface area contributed by atoms with Gasteiger partial charge >= 0.3 is 0 Å². The molecule has 0 saturated heterocycles. The van der Waals surface area contributed by atoms with Crippen LogP contribution in [0.15, 0.2) is 12.2 Å². The maximum atomic E-state index is 10.8. The summed E-state index contributed by atoms with van der Waals surface area (Å²) in [7, 11) is 0. The summed E-state index contributed by atoms with van der Waals surface area (Å²) in [6.07, 6.45) is 17.8. The molecule has 0 aliphatic rings. The molecule has 4 N–H and O–H groups in total. The van der Waals surface area contributed by atoms with Crippen molar-refractivity contribution in [3.05, 3.63) is 12.2 Å². The van der Waals surface area contributed by atoms with Gasteiger partial charge in [-0.05, 0) is 12.8 Å². The smallest absolute Gasteiger partial charge is 0.218 e. The number of hydrogen-bond acceptors (Lipinski definition) is 4. The van der Waals surface area contributed by atoms with Crippen molar-refractivity contribution < 1.29 is 15.0 Å². The molecule has 0 saturated carbocycles. The second-order valence-corrected chi connectivity index (χ2v) is 7.99. The topological polar surface area (TPSA) is 83.6 Å². The molecule has 0 aliphatic heterocycles. The number of nitrogens with two attached hydrogens (primary N) is 1. The van der Waals surface area contributed by atoms with Gasteiger partial charge in [0.1, 0.15) is 0 Å². The van der Waals surface area contributed by atoms with Crippen LogP contribution in [0.1, 0.15) is 84.0 Å². The van der Waals surface area contributed by atoms with Gasteiger partial charge in [0.15, 0.2) is 0 Å². The molecular formula is C20H39NO3S. The highest BCUT2D eigenvalue weighted by Crippen LogP contribution is 2.18. The molecule has 0 aromatic carbocycles. The Morgan fingerprint density at radius 3 is 2.12 bits per heavy atom. The van der Waals surface area contributed by atoms with Gasteiger partial charge in [0, 0.05) is 12.2 Å². The number of carbonyl (C=O) groups is 1. The predicted molar refractivity (Wildman–Crippen MR) is 109 cm³/mol. The molecule has 148 valence electrons. The van der Waals surface area contributed by atoms with Crippen LogP contribution in [0.5, 0.6) is 0 Å². The number of allylic oxidation sites excluding steroid dienone is 1. The lowest BCUT2D eigenvalue weighted by Crippen LogP contribution is -2.26. The van der Waals surface area contributed by atoms with Crippen LogP contribution in [0.3, 0.4) is 0 Å². The number of thioether (sulfide) groups is 1. The average Bonchev–Trinajstić information content (AvgIpc) is 2.60. The van der Waals surface area contributed by atoms with Crippen LogP contribution in [0.4, 0.5) is 0 Å². The minimum absolute atomic E-state index is 0.174. The molecule has 0 heterocycles. The SMILES string of the molecule is CCCCCCCCCCCCC=CC(SCCC(N)=O)C(O)CO. The molecule has 0 aromatic heterocycles. The fourth-order valence-electron chi connectivity index (χ4n) is 2.67. The molecule has 0 aromatic rings. The van der Waals surface area contributed by atoms with Crippen molar-refractivity contribution in [3.63, 3.8) is 0 Å². The summed E-state index contributed by atoms with van der Waals surface area (Å²) in [5, 5.41) is 18.8. The van der Waals surface area contributed by atoms with Gasteiger partial charge in [-0.1, -0.05) is 76.9 Å². The van der Waals surface area contributed by atoms with Gasteiger partial charge in [-0.15, -0.1) is 0 Å². The highest BCUT2D eigenvalue weighted by Gasteiger charge is 2.15. The minimum atomic E-state index is -0.790. The largest absolute Gasteiger partial charge is 0.394 e. The van der Waals surface area contributed by atoms with Gasteiger partial charge in [-0.2, -0.15) is 11.8 Å². The van der Waals surface area contributed by atoms with Gasteiger partial charge in [0.05, 0.1) is 18.0 Å². The van der Waals surface area contributed by atoms with Crippen LogP contribution >= 0.6 is 11.8 Å². The van der Waals surface area contributed by atoms with Crippen molar-refractivity contribution in [2.45, 2.75) is 95.3 Å². The number of rotatable bonds is 18. The maximum absolute atomic E-state index is 10.8. The fourth-order valence-corrected chi connectivity index (χ4v) is 3.80. The van der Waals surface area contributed by atoms with E-state index in [0.29, 0.717) is 12.2 Å². The highest BCUT2D eigenvalue weighted by molar-refractivity contribution is 8.00. The Hall–Kier alpha value is -0.520. The zero-order chi connectivity index (χ0) is 18.8. The Kier molecular flexibility index (Phi) is 17.9. The van der Waals surface area contributed by atoms with Crippen LogP contribution in [-0.2, 0) is 4.79 Å². The second-order valence-electron chi connectivity index (χ2n) is 6.70. The first-order valence-electron chi connectivity index (χ1n) is 9.97. The third kappa shape index (κ3) is 16.7. The van der Waals surface area contributed by atoms with Crippen molar-refractivity contribution >= 4 is 17.7 Å². The first-order chi connectivity index (χ1) is 12.1. The van der Waals surface area contributed by atoms with E-state index in [1.54, 1.807) is 0 Å². The van der Waals surface area contributed by atoms with Gasteiger partial charge in [0.25, 0.3) is 0 Å². The van der Waals surface area contributed by atoms with Gasteiger partial charge in [-0.25, -0.2) is 0 Å². The highest BCUT2D eigenvalue weighted by atomic mass is 32.2. The Bertz CT molecular complexity index is 337. The van der Waals surface area contributed by atoms with E-state index in [9.17, 15) is 9.90 Å². The van der Waals surface area contributed by atoms with E-state index in [1.807, 2.05) is 6.08 Å². The van der Waals surface area contributed by atoms with E-state index in [2.05, 4.69) is 13.0 Å². The van der Waals surface area contributed by atoms with Crippen LogP contribution in [0.25, 0.3) is 0 Å². The van der Waals surface area contributed by atoms with Crippen molar-refractivity contribution in [2.24, 2.45) is 5.73 Å². The lowest BCUT2D eigenvalue weighted by molar-refractivity contribution is -0.117. The number of amides is 1. The molecule has 1 amide bonds. The van der Waals surface area contributed by atoms with E-state index in [0.717, 1.165) is 6.42 Å². The number of unbranched alkanes of at least 4 members (excludes halogenated alkanes) is 10. The number of hydrogen-bond donors (Lipinski definition) is 3. The number of primary amides is 1. The molecular weight excluding hydrogens is 334 g/mol. The standard InChI is InChI=1S/C20H39NO3S/c1-2-3-4-5-6-7-8-9-10-11-12-13-14-19(18(23)17-22)25-16-15-20(21)24/h13-14,18-19,22-23H,2-12,15-17H2,1H3,(H2,21,24). The second kappa shape index (κ2) is 18.3. The van der Waals surface area contributed by atoms with Crippen molar-refractivity contribution in [1.82, 2.24) is 0 Å². The summed E-state index contributed by atoms with van der Waals surface area (Å²) >= 11 is 1.47. The molecule has 5 heteroatoms. The monoisotopic (exact) mass is 373 g/mol. The predicted octanol–water partition coefficient (Wildman–Crippen LogP) is 4.18. The number of aliphatic hydroxyl groups is 2. The van der Waals surface area contributed by atoms with Crippen molar-refractivity contribution in [3.8, 4) is 0 Å². The summed E-state index contributed by atoms with van der Waals surface area (Å²) < 4.78 is 0. The normalized spacial score (nSPS) is 14.0. The van der Waals surface area contributed by atoms with Gasteiger partial charge in [-0.3, -0.25) is 4.79 Å². The Labute approximate surface area is 158 Å². The Morgan fingerprint density at radius 1 is 1.04 bits per heavy atom. The third-order valence-corrected chi connectivity index (χ3v) is 5.57. The van der Waals surface area contributed by atoms with Crippen LogP contribution < -0.4 is 5.73 Å². The van der Waals surface area contributed by atoms with Crippen molar-refractivity contribution in [2.75, 3.05) is 12.4 Å². The molecule has 25 heavy (non-hydrogen) atoms. The third-order valence-electron chi connectivity index (χ3n) is 4.28. The van der Waals surface area contributed by atoms with E-state index in [-0.39, 0.29) is 17.8 Å². The maximum Gasteiger partial charge on any atom is 0.218 e. The molecule has 0 rings (SSSR count). The molecule has 2 unspecified atom stereocenters. The van der Waals surface area contributed by atoms with Crippen LogP contribution in [0, 0.1) is 0 Å². The van der Waals surface area contributed by atoms with E-state index >= 15 is 0 Å². The molecule has 0 spiro atoms. The average molecular weight is 374 g/mol. The first kappa shape index (κ1) is 24.5. The first-order valence-corrected chi connectivity index (χ1v) is 11.0. The minimum Gasteiger partial charge on any atom is -0.394 e. The lowest BCUT2D eigenvalue weighted by atomic mass is 10.1. The van der Waals surface area contributed by atoms with Crippen molar-refractivity contribution in [1.29, 1.82) is 0 Å². The molecule has 4 nitrogen and oxygen atoms in total.